The van der Waals surface area contributed by atoms with Crippen molar-refractivity contribution in [2.24, 2.45) is 5.92 Å². The second kappa shape index (κ2) is 7.63. The third-order valence-corrected chi connectivity index (χ3v) is 5.96. The number of benzene rings is 2. The summed E-state index contributed by atoms with van der Waals surface area (Å²) in [7, 11) is 0. The lowest BCUT2D eigenvalue weighted by Crippen LogP contribution is -2.44. The van der Waals surface area contributed by atoms with Crippen molar-refractivity contribution >= 4 is 16.6 Å². The summed E-state index contributed by atoms with van der Waals surface area (Å²) in [6.07, 6.45) is 4.14. The van der Waals surface area contributed by atoms with E-state index in [9.17, 15) is 14.0 Å². The molecule has 6 nitrogen and oxygen atoms in total. The Morgan fingerprint density at radius 2 is 1.77 bits per heavy atom. The van der Waals surface area contributed by atoms with Crippen LogP contribution in [0.2, 0.25) is 0 Å². The van der Waals surface area contributed by atoms with E-state index >= 15 is 0 Å². The Labute approximate surface area is 173 Å². The Hall–Kier alpha value is -3.09. The molecule has 0 N–H and O–H groups in total. The van der Waals surface area contributed by atoms with E-state index in [0.29, 0.717) is 23.7 Å². The fourth-order valence-corrected chi connectivity index (χ4v) is 4.12. The number of anilines is 1. The second-order valence-electron chi connectivity index (χ2n) is 8.21. The summed E-state index contributed by atoms with van der Waals surface area (Å²) in [6.45, 7) is 2.16. The lowest BCUT2D eigenvalue weighted by atomic mass is 10.2. The molecule has 5 rings (SSSR count). The van der Waals surface area contributed by atoms with Crippen LogP contribution in [0, 0.1) is 11.7 Å². The molecule has 1 aliphatic heterocycles. The Morgan fingerprint density at radius 3 is 2.47 bits per heavy atom. The number of hydrogen-bond donors (Lipinski definition) is 0. The monoisotopic (exact) mass is 409 g/mol. The predicted octanol–water partition coefficient (Wildman–Crippen LogP) is 2.94. The molecule has 1 saturated carbocycles. The van der Waals surface area contributed by atoms with E-state index in [1.54, 1.807) is 10.6 Å². The van der Waals surface area contributed by atoms with Crippen molar-refractivity contribution in [1.82, 2.24) is 9.30 Å². The minimum Gasteiger partial charge on any atom is -0.401 e. The summed E-state index contributed by atoms with van der Waals surface area (Å²) in [5.74, 6) is -0.0287. The van der Waals surface area contributed by atoms with E-state index < -0.39 is 17.1 Å². The van der Waals surface area contributed by atoms with Crippen molar-refractivity contribution in [1.29, 1.82) is 0 Å². The molecule has 1 saturated heterocycles. The van der Waals surface area contributed by atoms with Gasteiger partial charge in [0, 0.05) is 19.6 Å². The van der Waals surface area contributed by atoms with Crippen LogP contribution in [0.1, 0.15) is 31.2 Å². The zero-order chi connectivity index (χ0) is 20.7. The van der Waals surface area contributed by atoms with Crippen LogP contribution < -0.4 is 21.0 Å². The molecule has 0 spiro atoms. The summed E-state index contributed by atoms with van der Waals surface area (Å²) in [6, 6.07) is 12.3. The molecule has 0 unspecified atom stereocenters. The van der Waals surface area contributed by atoms with E-state index in [2.05, 4.69) is 0 Å². The average Bonchev–Trinajstić information content (AvgIpc) is 3.41. The van der Waals surface area contributed by atoms with Gasteiger partial charge < -0.3 is 9.74 Å². The topological polar surface area (TPSA) is 56.5 Å². The largest absolute Gasteiger partial charge is 0.401 e. The van der Waals surface area contributed by atoms with Crippen molar-refractivity contribution < 1.29 is 9.23 Å². The molecule has 1 aromatic heterocycles. The molecule has 3 aromatic rings. The summed E-state index contributed by atoms with van der Waals surface area (Å²) < 4.78 is 17.3. The normalized spacial score (nSPS) is 16.4. The highest BCUT2D eigenvalue weighted by Crippen LogP contribution is 2.32. The molecule has 7 heteroatoms. The molecule has 2 aromatic carbocycles. The molecule has 0 amide bonds. The fraction of sp³-hybridized carbons (Fsp3) is 0.391. The Kier molecular flexibility index (Phi) is 4.81. The number of hydrogen-bond acceptors (Lipinski definition) is 4. The SMILES string of the molecule is O=c1c2cc(F)c(N3CCCC3)cc2n(CC2CC2)c(=O)n1OCc1ccccc1. The van der Waals surface area contributed by atoms with Gasteiger partial charge in [-0.1, -0.05) is 35.1 Å². The Morgan fingerprint density at radius 1 is 1.03 bits per heavy atom. The highest BCUT2D eigenvalue weighted by molar-refractivity contribution is 5.82. The van der Waals surface area contributed by atoms with Gasteiger partial charge in [-0.25, -0.2) is 9.18 Å². The summed E-state index contributed by atoms with van der Waals surface area (Å²) in [5, 5.41) is 0.170. The van der Waals surface area contributed by atoms with Gasteiger partial charge in [-0.3, -0.25) is 9.36 Å². The van der Waals surface area contributed by atoms with Crippen molar-refractivity contribution in [2.75, 3.05) is 18.0 Å². The maximum atomic E-state index is 14.9. The van der Waals surface area contributed by atoms with E-state index in [4.69, 9.17) is 4.84 Å². The van der Waals surface area contributed by atoms with Crippen LogP contribution in [0.15, 0.2) is 52.1 Å². The van der Waals surface area contributed by atoms with E-state index in [1.165, 1.54) is 6.07 Å². The molecular weight excluding hydrogens is 385 g/mol. The van der Waals surface area contributed by atoms with Crippen LogP contribution in [-0.4, -0.2) is 22.4 Å². The molecular formula is C23H24FN3O3. The number of rotatable bonds is 6. The smallest absolute Gasteiger partial charge is 0.365 e. The first-order valence-corrected chi connectivity index (χ1v) is 10.5. The van der Waals surface area contributed by atoms with Crippen LogP contribution in [0.5, 0.6) is 0 Å². The van der Waals surface area contributed by atoms with Gasteiger partial charge in [-0.15, -0.1) is 0 Å². The minimum absolute atomic E-state index is 0.0826. The maximum absolute atomic E-state index is 14.9. The van der Waals surface area contributed by atoms with Crippen molar-refractivity contribution in [3.05, 3.63) is 74.7 Å². The first kappa shape index (κ1) is 18.9. The standard InChI is InChI=1S/C23H24FN3O3/c24-19-12-18-20(13-21(19)25-10-4-5-11-25)26(14-16-8-9-16)23(29)27(22(18)28)30-15-17-6-2-1-3-7-17/h1-3,6-7,12-13,16H,4-5,8-11,14-15H2. The first-order chi connectivity index (χ1) is 14.6. The number of aromatic nitrogens is 2. The summed E-state index contributed by atoms with van der Waals surface area (Å²) in [4.78, 5) is 33.8. The number of nitrogens with zero attached hydrogens (tertiary/aromatic N) is 3. The van der Waals surface area contributed by atoms with Gasteiger partial charge in [0.05, 0.1) is 16.6 Å². The average molecular weight is 409 g/mol. The molecule has 0 atom stereocenters. The van der Waals surface area contributed by atoms with Crippen molar-refractivity contribution in [3.63, 3.8) is 0 Å². The van der Waals surface area contributed by atoms with Crippen molar-refractivity contribution in [3.8, 4) is 0 Å². The van der Waals surface area contributed by atoms with Gasteiger partial charge in [-0.05, 0) is 49.3 Å². The predicted molar refractivity (Wildman–Crippen MR) is 113 cm³/mol. The molecule has 30 heavy (non-hydrogen) atoms. The fourth-order valence-electron chi connectivity index (χ4n) is 4.12. The lowest BCUT2D eigenvalue weighted by molar-refractivity contribution is 0.0771. The van der Waals surface area contributed by atoms with Gasteiger partial charge in [0.1, 0.15) is 12.4 Å². The molecule has 0 bridgehead atoms. The van der Waals surface area contributed by atoms with E-state index in [0.717, 1.165) is 49.1 Å². The molecule has 2 aliphatic rings. The van der Waals surface area contributed by atoms with Crippen LogP contribution >= 0.6 is 0 Å². The van der Waals surface area contributed by atoms with Crippen LogP contribution in [0.4, 0.5) is 10.1 Å². The third kappa shape index (κ3) is 3.49. The van der Waals surface area contributed by atoms with Gasteiger partial charge in [0.2, 0.25) is 0 Å². The number of fused-ring (bicyclic) bond motifs is 1. The Balaban J connectivity index is 1.63. The molecule has 156 valence electrons. The van der Waals surface area contributed by atoms with E-state index in [1.807, 2.05) is 35.2 Å². The maximum Gasteiger partial charge on any atom is 0.365 e. The van der Waals surface area contributed by atoms with Crippen molar-refractivity contribution in [2.45, 2.75) is 38.8 Å². The number of halogens is 1. The van der Waals surface area contributed by atoms with Gasteiger partial charge in [0.15, 0.2) is 0 Å². The molecule has 2 heterocycles. The lowest BCUT2D eigenvalue weighted by Gasteiger charge is -2.21. The van der Waals surface area contributed by atoms with Gasteiger partial charge in [-0.2, -0.15) is 0 Å². The highest BCUT2D eigenvalue weighted by atomic mass is 19.1. The summed E-state index contributed by atoms with van der Waals surface area (Å²) in [5.41, 5.74) is 0.665. The summed E-state index contributed by atoms with van der Waals surface area (Å²) >= 11 is 0. The zero-order valence-corrected chi connectivity index (χ0v) is 16.7. The van der Waals surface area contributed by atoms with Gasteiger partial charge >= 0.3 is 5.69 Å². The third-order valence-electron chi connectivity index (χ3n) is 5.96. The second-order valence-corrected chi connectivity index (χ2v) is 8.21. The molecule has 2 fully saturated rings. The molecule has 1 aliphatic carbocycles. The quantitative estimate of drug-likeness (QED) is 0.628. The van der Waals surface area contributed by atoms with Gasteiger partial charge in [0.25, 0.3) is 5.56 Å². The highest BCUT2D eigenvalue weighted by Gasteiger charge is 2.26. The zero-order valence-electron chi connectivity index (χ0n) is 16.7. The van der Waals surface area contributed by atoms with E-state index in [-0.39, 0.29) is 12.0 Å². The Bertz CT molecular complexity index is 1190. The molecule has 0 radical (unpaired) electrons. The van der Waals surface area contributed by atoms with Crippen LogP contribution in [-0.2, 0) is 13.2 Å². The van der Waals surface area contributed by atoms with Crippen LogP contribution in [0.25, 0.3) is 10.9 Å². The first-order valence-electron chi connectivity index (χ1n) is 10.5. The minimum atomic E-state index is -0.621. The van der Waals surface area contributed by atoms with Crippen LogP contribution in [0.3, 0.4) is 0 Å².